The minimum absolute atomic E-state index is 0. The Labute approximate surface area is 397 Å². The highest BCUT2D eigenvalue weighted by molar-refractivity contribution is 6.83. The highest BCUT2D eigenvalue weighted by Crippen LogP contribution is 2.30. The first kappa shape index (κ1) is 76.8. The summed E-state index contributed by atoms with van der Waals surface area (Å²) in [7, 11) is -8.39. The fraction of sp³-hybridized carbons (Fsp3) is 0.750. The van der Waals surface area contributed by atoms with E-state index in [9.17, 15) is 19.2 Å². The van der Waals surface area contributed by atoms with Crippen LogP contribution < -0.4 is 0 Å². The molecule has 0 aromatic heterocycles. The lowest BCUT2D eigenvalue weighted by atomic mass is 10.1. The summed E-state index contributed by atoms with van der Waals surface area (Å²) in [5.41, 5.74) is 1.31. The van der Waals surface area contributed by atoms with Crippen molar-refractivity contribution in [3.63, 3.8) is 0 Å². The second kappa shape index (κ2) is 33.1. The maximum atomic E-state index is 11.2. The molecule has 2 heterocycles. The molecule has 2 aliphatic heterocycles. The number of rotatable bonds is 20. The van der Waals surface area contributed by atoms with Gasteiger partial charge in [-0.1, -0.05) is 74.9 Å². The van der Waals surface area contributed by atoms with E-state index in [-0.39, 0.29) is 56.9 Å². The van der Waals surface area contributed by atoms with Gasteiger partial charge in [0.15, 0.2) is 22.6 Å². The van der Waals surface area contributed by atoms with Crippen molar-refractivity contribution >= 4 is 83.3 Å². The Kier molecular flexibility index (Phi) is 39.8. The minimum atomic E-state index is -2.53. The summed E-state index contributed by atoms with van der Waals surface area (Å²) in [5.74, 6) is -2.91. The molecule has 0 aliphatic carbocycles. The Morgan fingerprint density at radius 1 is 0.516 bits per heavy atom. The van der Waals surface area contributed by atoms with E-state index in [1.54, 1.807) is 28.4 Å². The Bertz CT molecular complexity index is 1430. The van der Waals surface area contributed by atoms with Gasteiger partial charge in [-0.2, -0.15) is 0 Å². The van der Waals surface area contributed by atoms with Crippen LogP contribution in [-0.2, 0) is 78.9 Å². The van der Waals surface area contributed by atoms with E-state index in [0.29, 0.717) is 12.1 Å². The molecule has 1 atom stereocenters. The standard InChI is InChI=1S/C14H28O4Si3.C11H24O7Si3.C8H14O5Si.CH4O.6CH4/c1-15-20(4,5)16-17-21(6,7)18-19(2,3)13-14-11-9-8-10-12-14;1-14-20(4,5)16-17-21(6,7)18-19(2,3)8-9-10(12)15-11(9)13;1-11-14(3,12-2)5-6-4-7(9)13-8(6)10;1-2;;;;;;/h8-12H,13H2,1-7H3;9H,8H2,1-7H3;6H,4-5H2,1-3H3;2H,1H3;6*1H4. The van der Waals surface area contributed by atoms with Crippen LogP contribution in [0.4, 0.5) is 0 Å². The minimum Gasteiger partial charge on any atom is -0.435 e. The van der Waals surface area contributed by atoms with Crippen LogP contribution in [0.5, 0.6) is 0 Å². The fourth-order valence-corrected chi connectivity index (χ4v) is 24.4. The first-order chi connectivity index (χ1) is 26.4. The summed E-state index contributed by atoms with van der Waals surface area (Å²) in [4.78, 5) is 44.5. The molecule has 0 spiro atoms. The Morgan fingerprint density at radius 2 is 0.891 bits per heavy atom. The van der Waals surface area contributed by atoms with Gasteiger partial charge in [-0.25, -0.2) is 0 Å². The molecule has 0 amide bonds. The van der Waals surface area contributed by atoms with Crippen LogP contribution in [-0.4, -0.2) is 124 Å². The fourth-order valence-electron chi connectivity index (χ4n) is 5.31. The van der Waals surface area contributed by atoms with Crippen molar-refractivity contribution in [2.75, 3.05) is 35.5 Å². The highest BCUT2D eigenvalue weighted by atomic mass is 28.4. The maximum absolute atomic E-state index is 11.2. The van der Waals surface area contributed by atoms with Crippen molar-refractivity contribution in [2.24, 2.45) is 11.8 Å². The summed E-state index contributed by atoms with van der Waals surface area (Å²) in [6.07, 6.45) is 0.147. The summed E-state index contributed by atoms with van der Waals surface area (Å²) in [6.45, 7) is 25.6. The van der Waals surface area contributed by atoms with E-state index in [0.717, 1.165) is 13.2 Å². The van der Waals surface area contributed by atoms with E-state index in [1.165, 1.54) is 5.56 Å². The lowest BCUT2D eigenvalue weighted by molar-refractivity contribution is -0.183. The van der Waals surface area contributed by atoms with Gasteiger partial charge in [0.05, 0.1) is 12.3 Å². The predicted molar refractivity (Wildman–Crippen MR) is 273 cm³/mol. The number of hydrogen-bond donors (Lipinski definition) is 1. The van der Waals surface area contributed by atoms with E-state index < -0.39 is 89.2 Å². The normalized spacial score (nSPS) is 15.3. The first-order valence-electron chi connectivity index (χ1n) is 18.8. The van der Waals surface area contributed by atoms with Crippen LogP contribution in [0.15, 0.2) is 30.3 Å². The number of carbonyl (C=O) groups is 4. The summed E-state index contributed by atoms with van der Waals surface area (Å²) in [6, 6.07) is 12.3. The highest BCUT2D eigenvalue weighted by Gasteiger charge is 2.48. The van der Waals surface area contributed by atoms with Crippen LogP contribution in [0.2, 0.25) is 97.2 Å². The van der Waals surface area contributed by atoms with E-state index in [2.05, 4.69) is 46.8 Å². The molecular formula is C40H94O17Si7. The van der Waals surface area contributed by atoms with Gasteiger partial charge in [0.2, 0.25) is 0 Å². The topological polar surface area (TPSA) is 199 Å². The van der Waals surface area contributed by atoms with Crippen molar-refractivity contribution in [3.05, 3.63) is 35.9 Å². The second-order valence-corrected chi connectivity index (χ2v) is 42.3. The number of cyclic esters (lactones) is 4. The molecule has 2 saturated heterocycles. The molecule has 2 fully saturated rings. The van der Waals surface area contributed by atoms with Crippen molar-refractivity contribution in [1.82, 2.24) is 0 Å². The molecule has 1 N–H and O–H groups in total. The third kappa shape index (κ3) is 30.8. The van der Waals surface area contributed by atoms with Crippen LogP contribution in [0.25, 0.3) is 0 Å². The quantitative estimate of drug-likeness (QED) is 0.0425. The Morgan fingerprint density at radius 3 is 1.22 bits per heavy atom. The van der Waals surface area contributed by atoms with Crippen LogP contribution in [0, 0.1) is 11.8 Å². The summed E-state index contributed by atoms with van der Waals surface area (Å²) in [5, 5.41) is 7.00. The molecule has 2 aliphatic rings. The predicted octanol–water partition coefficient (Wildman–Crippen LogP) is 9.76. The van der Waals surface area contributed by atoms with Gasteiger partial charge in [-0.3, -0.25) is 37.5 Å². The molecule has 1 aromatic carbocycles. The molecular weight excluding hydrogens is 949 g/mol. The Hall–Kier alpha value is -1.42. The number of benzene rings is 1. The van der Waals surface area contributed by atoms with Gasteiger partial charge >= 0.3 is 66.7 Å². The lowest BCUT2D eigenvalue weighted by Crippen LogP contribution is -2.52. The number of hydrogen-bond acceptors (Lipinski definition) is 17. The molecule has 3 rings (SSSR count). The van der Waals surface area contributed by atoms with Crippen molar-refractivity contribution in [2.45, 2.75) is 154 Å². The third-order valence-electron chi connectivity index (χ3n) is 8.29. The number of ether oxygens (including phenoxy) is 2. The van der Waals surface area contributed by atoms with Gasteiger partial charge in [0.25, 0.3) is 0 Å². The average Bonchev–Trinajstić information content (AvgIpc) is 3.45. The van der Waals surface area contributed by atoms with Gasteiger partial charge in [-0.05, 0) is 103 Å². The zero-order chi connectivity index (χ0) is 45.4. The molecule has 1 unspecified atom stereocenters. The molecule has 0 saturated carbocycles. The second-order valence-electron chi connectivity index (χ2n) is 16.7. The zero-order valence-corrected chi connectivity index (χ0v) is 44.8. The molecule has 0 bridgehead atoms. The van der Waals surface area contributed by atoms with Crippen LogP contribution in [0.3, 0.4) is 0 Å². The van der Waals surface area contributed by atoms with Crippen molar-refractivity contribution in [1.29, 1.82) is 0 Å². The molecule has 0 radical (unpaired) electrons. The molecule has 1 aromatic rings. The largest absolute Gasteiger partial charge is 0.435 e. The van der Waals surface area contributed by atoms with Crippen LogP contribution >= 0.6 is 0 Å². The number of aliphatic hydroxyl groups is 1. The first-order valence-corrected chi connectivity index (χ1v) is 38.8. The Balaban J connectivity index is -0.000000145. The summed E-state index contributed by atoms with van der Waals surface area (Å²) < 4.78 is 64.4. The van der Waals surface area contributed by atoms with Crippen molar-refractivity contribution in [3.8, 4) is 0 Å². The van der Waals surface area contributed by atoms with E-state index in [4.69, 9.17) is 49.3 Å². The average molecular weight is 1040 g/mol. The van der Waals surface area contributed by atoms with Gasteiger partial charge in [0, 0.05) is 41.6 Å². The SMILES string of the molecule is C.C.C.C.C.C.CO.CO[Si](C)(C)OO[Si](C)(C)O[Si](C)(C)CC1C(=O)OC1=O.CO[Si](C)(C)OO[Si](C)(C)O[Si](C)(C)Cc1ccccc1.CO[Si](C)(CC1CC(=O)OC1=O)OC. The monoisotopic (exact) mass is 1040 g/mol. The number of esters is 4. The lowest BCUT2D eigenvalue weighted by Gasteiger charge is -2.36. The van der Waals surface area contributed by atoms with Crippen LogP contribution in [0.1, 0.15) is 56.5 Å². The van der Waals surface area contributed by atoms with Crippen molar-refractivity contribution < 1.29 is 78.0 Å². The molecule has 384 valence electrons. The molecule has 17 nitrogen and oxygen atoms in total. The third-order valence-corrected chi connectivity index (χ3v) is 26.5. The van der Waals surface area contributed by atoms with Gasteiger partial charge in [-0.15, -0.1) is 0 Å². The molecule has 24 heteroatoms. The number of aliphatic hydroxyl groups excluding tert-OH is 1. The summed E-state index contributed by atoms with van der Waals surface area (Å²) >= 11 is 0. The van der Waals surface area contributed by atoms with Gasteiger partial charge in [0.1, 0.15) is 0 Å². The van der Waals surface area contributed by atoms with E-state index >= 15 is 0 Å². The van der Waals surface area contributed by atoms with Gasteiger partial charge < -0.3 is 40.5 Å². The smallest absolute Gasteiger partial charge is 0.367 e. The molecule has 64 heavy (non-hydrogen) atoms. The maximum Gasteiger partial charge on any atom is 0.367 e. The zero-order valence-electron chi connectivity index (χ0n) is 37.8. The van der Waals surface area contributed by atoms with E-state index in [1.807, 2.05) is 78.1 Å². The number of carbonyl (C=O) groups excluding carboxylic acids is 4.